The van der Waals surface area contributed by atoms with Crippen molar-refractivity contribution in [3.8, 4) is 0 Å². The van der Waals surface area contributed by atoms with Gasteiger partial charge in [0.15, 0.2) is 0 Å². The van der Waals surface area contributed by atoms with Crippen LogP contribution < -0.4 is 11.1 Å². The molecule has 0 spiro atoms. The number of nitrogens with two attached hydrogens (primary N) is 1. The summed E-state index contributed by atoms with van der Waals surface area (Å²) in [5, 5.41) is 2.81. The zero-order valence-electron chi connectivity index (χ0n) is 15.3. The number of primary amides is 1. The third-order valence-electron chi connectivity index (χ3n) is 5.60. The minimum absolute atomic E-state index is 0.198. The minimum Gasteiger partial charge on any atom is -0.369 e. The quantitative estimate of drug-likeness (QED) is 0.802. The number of benzene rings is 1. The van der Waals surface area contributed by atoms with Crippen molar-refractivity contribution in [1.82, 2.24) is 10.2 Å². The fourth-order valence-corrected chi connectivity index (χ4v) is 3.88. The summed E-state index contributed by atoms with van der Waals surface area (Å²) in [6, 6.07) is 6.12. The van der Waals surface area contributed by atoms with Crippen molar-refractivity contribution in [3.63, 3.8) is 0 Å². The molecule has 26 heavy (non-hydrogen) atoms. The molecule has 2 aliphatic rings. The zero-order chi connectivity index (χ0) is 18.7. The zero-order valence-corrected chi connectivity index (χ0v) is 15.3. The predicted octanol–water partition coefficient (Wildman–Crippen LogP) is 1.47. The van der Waals surface area contributed by atoms with Crippen LogP contribution in [-0.4, -0.2) is 35.7 Å². The van der Waals surface area contributed by atoms with E-state index in [-0.39, 0.29) is 17.9 Å². The molecule has 1 saturated heterocycles. The summed E-state index contributed by atoms with van der Waals surface area (Å²) < 4.78 is 0. The third kappa shape index (κ3) is 4.06. The molecule has 0 aromatic heterocycles. The van der Waals surface area contributed by atoms with Gasteiger partial charge in [0, 0.05) is 19.0 Å². The van der Waals surface area contributed by atoms with Gasteiger partial charge in [0.2, 0.25) is 5.91 Å². The van der Waals surface area contributed by atoms with Crippen LogP contribution in [0.25, 0.3) is 0 Å². The Morgan fingerprint density at radius 2 is 1.77 bits per heavy atom. The average molecular weight is 357 g/mol. The van der Waals surface area contributed by atoms with Gasteiger partial charge in [0.05, 0.1) is 6.04 Å². The molecule has 0 bridgehead atoms. The summed E-state index contributed by atoms with van der Waals surface area (Å²) in [4.78, 5) is 37.4. The molecule has 3 rings (SSSR count). The maximum Gasteiger partial charge on any atom is 0.311 e. The summed E-state index contributed by atoms with van der Waals surface area (Å²) >= 11 is 0. The Labute approximate surface area is 154 Å². The lowest BCUT2D eigenvalue weighted by molar-refractivity contribution is -0.147. The maximum atomic E-state index is 12.4. The van der Waals surface area contributed by atoms with Gasteiger partial charge in [-0.2, -0.15) is 0 Å². The number of carbonyl (C=O) groups excluding carboxylic acids is 3. The molecular weight excluding hydrogens is 330 g/mol. The first-order chi connectivity index (χ1) is 12.5. The molecule has 140 valence electrons. The standard InChI is InChI=1S/C20H27N3O3/c1-13(16-7-6-14-4-2-3-5-17(14)12-16)22-19(25)20(26)23-10-8-15(9-11-23)18(21)24/h6-7,12-13,15H,2-5,8-11H2,1H3,(H2,21,24)(H,22,25). The van der Waals surface area contributed by atoms with Crippen molar-refractivity contribution in [2.75, 3.05) is 13.1 Å². The largest absolute Gasteiger partial charge is 0.369 e. The maximum absolute atomic E-state index is 12.4. The summed E-state index contributed by atoms with van der Waals surface area (Å²) in [7, 11) is 0. The molecule has 1 unspecified atom stereocenters. The van der Waals surface area contributed by atoms with E-state index in [1.807, 2.05) is 13.0 Å². The van der Waals surface area contributed by atoms with Gasteiger partial charge in [0.25, 0.3) is 0 Å². The molecule has 1 aromatic rings. The molecule has 1 aliphatic heterocycles. The van der Waals surface area contributed by atoms with E-state index in [0.717, 1.165) is 18.4 Å². The van der Waals surface area contributed by atoms with Crippen molar-refractivity contribution in [1.29, 1.82) is 0 Å². The van der Waals surface area contributed by atoms with E-state index >= 15 is 0 Å². The van der Waals surface area contributed by atoms with Crippen LogP contribution in [0.1, 0.15) is 55.3 Å². The van der Waals surface area contributed by atoms with Gasteiger partial charge in [-0.05, 0) is 62.1 Å². The smallest absolute Gasteiger partial charge is 0.311 e. The summed E-state index contributed by atoms with van der Waals surface area (Å²) in [6.45, 7) is 2.69. The Kier molecular flexibility index (Phi) is 5.59. The highest BCUT2D eigenvalue weighted by atomic mass is 16.2. The van der Waals surface area contributed by atoms with Gasteiger partial charge < -0.3 is 16.0 Å². The number of aryl methyl sites for hydroxylation is 2. The number of likely N-dealkylation sites (tertiary alicyclic amines) is 1. The number of hydrogen-bond acceptors (Lipinski definition) is 3. The molecule has 3 amide bonds. The minimum atomic E-state index is -0.590. The van der Waals surface area contributed by atoms with Crippen LogP contribution in [-0.2, 0) is 27.2 Å². The molecule has 1 aliphatic carbocycles. The first-order valence-electron chi connectivity index (χ1n) is 9.46. The molecule has 3 N–H and O–H groups in total. The highest BCUT2D eigenvalue weighted by molar-refractivity contribution is 6.35. The first kappa shape index (κ1) is 18.4. The normalized spacial score (nSPS) is 18.7. The Bertz CT molecular complexity index is 708. The van der Waals surface area contributed by atoms with Crippen LogP contribution in [0.3, 0.4) is 0 Å². The molecule has 0 radical (unpaired) electrons. The van der Waals surface area contributed by atoms with Crippen LogP contribution in [0.15, 0.2) is 18.2 Å². The molecule has 1 atom stereocenters. The number of fused-ring (bicyclic) bond motifs is 1. The Morgan fingerprint density at radius 1 is 1.12 bits per heavy atom. The van der Waals surface area contributed by atoms with E-state index in [4.69, 9.17) is 5.73 Å². The third-order valence-corrected chi connectivity index (χ3v) is 5.60. The van der Waals surface area contributed by atoms with Crippen LogP contribution in [0.2, 0.25) is 0 Å². The van der Waals surface area contributed by atoms with Gasteiger partial charge in [-0.3, -0.25) is 14.4 Å². The van der Waals surface area contributed by atoms with Gasteiger partial charge in [-0.1, -0.05) is 18.2 Å². The number of amides is 3. The van der Waals surface area contributed by atoms with E-state index in [2.05, 4.69) is 17.4 Å². The molecule has 6 heteroatoms. The van der Waals surface area contributed by atoms with Crippen molar-refractivity contribution in [3.05, 3.63) is 34.9 Å². The number of carbonyl (C=O) groups is 3. The number of rotatable bonds is 3. The van der Waals surface area contributed by atoms with Crippen LogP contribution in [0, 0.1) is 5.92 Å². The second kappa shape index (κ2) is 7.89. The second-order valence-electron chi connectivity index (χ2n) is 7.40. The fourth-order valence-electron chi connectivity index (χ4n) is 3.88. The van der Waals surface area contributed by atoms with E-state index in [9.17, 15) is 14.4 Å². The first-order valence-corrected chi connectivity index (χ1v) is 9.46. The molecule has 1 aromatic carbocycles. The Balaban J connectivity index is 1.57. The van der Waals surface area contributed by atoms with Gasteiger partial charge in [-0.15, -0.1) is 0 Å². The topological polar surface area (TPSA) is 92.5 Å². The lowest BCUT2D eigenvalue weighted by atomic mass is 9.89. The van der Waals surface area contributed by atoms with Gasteiger partial charge >= 0.3 is 11.8 Å². The van der Waals surface area contributed by atoms with Crippen molar-refractivity contribution in [2.45, 2.75) is 51.5 Å². The van der Waals surface area contributed by atoms with Crippen molar-refractivity contribution in [2.24, 2.45) is 11.7 Å². The predicted molar refractivity (Wildman–Crippen MR) is 98.1 cm³/mol. The molecule has 1 fully saturated rings. The van der Waals surface area contributed by atoms with E-state index in [1.165, 1.54) is 28.9 Å². The molecule has 6 nitrogen and oxygen atoms in total. The van der Waals surface area contributed by atoms with E-state index < -0.39 is 11.8 Å². The lowest BCUT2D eigenvalue weighted by Crippen LogP contribution is -2.48. The fraction of sp³-hybridized carbons (Fsp3) is 0.550. The summed E-state index contributed by atoms with van der Waals surface area (Å²) in [5.41, 5.74) is 9.08. The molecule has 0 saturated carbocycles. The van der Waals surface area contributed by atoms with E-state index in [1.54, 1.807) is 0 Å². The van der Waals surface area contributed by atoms with Crippen molar-refractivity contribution >= 4 is 17.7 Å². The van der Waals surface area contributed by atoms with Crippen LogP contribution >= 0.6 is 0 Å². The van der Waals surface area contributed by atoms with E-state index in [0.29, 0.717) is 25.9 Å². The number of nitrogens with zero attached hydrogens (tertiary/aromatic N) is 1. The van der Waals surface area contributed by atoms with Crippen LogP contribution in [0.4, 0.5) is 0 Å². The summed E-state index contributed by atoms with van der Waals surface area (Å²) in [6.07, 6.45) is 5.69. The lowest BCUT2D eigenvalue weighted by Gasteiger charge is -2.30. The number of nitrogens with one attached hydrogen (secondary N) is 1. The van der Waals surface area contributed by atoms with Crippen molar-refractivity contribution < 1.29 is 14.4 Å². The van der Waals surface area contributed by atoms with Gasteiger partial charge in [-0.25, -0.2) is 0 Å². The number of hydrogen-bond donors (Lipinski definition) is 2. The van der Waals surface area contributed by atoms with Gasteiger partial charge in [0.1, 0.15) is 0 Å². The SMILES string of the molecule is CC(NC(=O)C(=O)N1CCC(C(N)=O)CC1)c1ccc2c(c1)CCCC2. The monoisotopic (exact) mass is 357 g/mol. The highest BCUT2D eigenvalue weighted by Gasteiger charge is 2.29. The number of piperidine rings is 1. The Hall–Kier alpha value is -2.37. The Morgan fingerprint density at radius 3 is 2.42 bits per heavy atom. The second-order valence-corrected chi connectivity index (χ2v) is 7.40. The van der Waals surface area contributed by atoms with Crippen LogP contribution in [0.5, 0.6) is 0 Å². The highest BCUT2D eigenvalue weighted by Crippen LogP contribution is 2.25. The molecule has 1 heterocycles. The summed E-state index contributed by atoms with van der Waals surface area (Å²) in [5.74, 6) is -1.65. The molecular formula is C20H27N3O3. The average Bonchev–Trinajstić information content (AvgIpc) is 2.67.